The van der Waals surface area contributed by atoms with Gasteiger partial charge in [0.1, 0.15) is 36.4 Å². The highest BCUT2D eigenvalue weighted by atomic mass is 32.7. The van der Waals surface area contributed by atoms with Crippen molar-refractivity contribution in [1.82, 2.24) is 19.5 Å². The van der Waals surface area contributed by atoms with Crippen LogP contribution >= 0.6 is 18.2 Å². The maximum atomic E-state index is 13.2. The third-order valence-corrected chi connectivity index (χ3v) is 9.11. The Morgan fingerprint density at radius 1 is 1.31 bits per heavy atom. The highest BCUT2D eigenvalue weighted by molar-refractivity contribution is 8.55. The number of benzene rings is 1. The molecule has 5 rings (SSSR count). The summed E-state index contributed by atoms with van der Waals surface area (Å²) < 4.78 is 37.3. The second-order valence-corrected chi connectivity index (χ2v) is 13.4. The van der Waals surface area contributed by atoms with Crippen LogP contribution in [0.15, 0.2) is 36.7 Å². The van der Waals surface area contributed by atoms with E-state index in [0.29, 0.717) is 17.0 Å². The summed E-state index contributed by atoms with van der Waals surface area (Å²) in [6.45, 7) is 1.34. The number of nitrogen functional groups attached to an aromatic ring is 1. The summed E-state index contributed by atoms with van der Waals surface area (Å²) >= 11 is 0.743. The number of imidazole rings is 1. The van der Waals surface area contributed by atoms with Gasteiger partial charge in [-0.2, -0.15) is 0 Å². The molecular formula is C22H26N5O7PS. The molecule has 0 radical (unpaired) electrons. The predicted molar refractivity (Wildman–Crippen MR) is 132 cm³/mol. The first-order valence-electron chi connectivity index (χ1n) is 11.2. The average molecular weight is 536 g/mol. The van der Waals surface area contributed by atoms with Crippen LogP contribution in [0.3, 0.4) is 0 Å². The summed E-state index contributed by atoms with van der Waals surface area (Å²) in [5.74, 6) is -0.00674. The van der Waals surface area contributed by atoms with Crippen LogP contribution in [0.2, 0.25) is 0 Å². The van der Waals surface area contributed by atoms with E-state index in [2.05, 4.69) is 15.0 Å². The van der Waals surface area contributed by atoms with Crippen molar-refractivity contribution in [3.05, 3.63) is 36.7 Å². The maximum Gasteiger partial charge on any atom is 0.392 e. The van der Waals surface area contributed by atoms with Crippen LogP contribution in [0.25, 0.3) is 22.6 Å². The second kappa shape index (κ2) is 9.40. The molecule has 5 atom stereocenters. The molecule has 2 fully saturated rings. The van der Waals surface area contributed by atoms with Crippen molar-refractivity contribution in [2.24, 2.45) is 5.41 Å². The smallest absolute Gasteiger partial charge is 0.392 e. The Kier molecular flexibility index (Phi) is 6.56. The number of nitrogens with zero attached hydrogens (tertiary/aromatic N) is 4. The van der Waals surface area contributed by atoms with E-state index in [4.69, 9.17) is 24.3 Å². The van der Waals surface area contributed by atoms with Gasteiger partial charge < -0.3 is 20.3 Å². The number of hydrogen-bond donors (Lipinski definition) is 2. The minimum atomic E-state index is -3.73. The van der Waals surface area contributed by atoms with Crippen molar-refractivity contribution >= 4 is 41.1 Å². The van der Waals surface area contributed by atoms with Crippen molar-refractivity contribution in [2.75, 3.05) is 18.3 Å². The summed E-state index contributed by atoms with van der Waals surface area (Å²) in [4.78, 5) is 25.0. The summed E-state index contributed by atoms with van der Waals surface area (Å²) in [6.07, 6.45) is -2.57. The molecule has 4 heterocycles. The average Bonchev–Trinajstić information content (AvgIpc) is 3.37. The molecule has 2 aliphatic rings. The van der Waals surface area contributed by atoms with Crippen LogP contribution in [0.4, 0.5) is 5.82 Å². The zero-order chi connectivity index (χ0) is 25.7. The molecule has 0 spiro atoms. The highest BCUT2D eigenvalue weighted by Crippen LogP contribution is 2.65. The van der Waals surface area contributed by atoms with Crippen LogP contribution in [-0.2, 0) is 27.9 Å². The van der Waals surface area contributed by atoms with Gasteiger partial charge in [0, 0.05) is 16.9 Å². The Morgan fingerprint density at radius 3 is 2.78 bits per heavy atom. The quantitative estimate of drug-likeness (QED) is 0.279. The maximum absolute atomic E-state index is 13.2. The first-order chi connectivity index (χ1) is 17.1. The summed E-state index contributed by atoms with van der Waals surface area (Å²) in [5, 5.41) is 11.3. The number of esters is 1. The number of aromatic nitrogens is 4. The van der Waals surface area contributed by atoms with Gasteiger partial charge in [-0.3, -0.25) is 18.4 Å². The largest absolute Gasteiger partial charge is 0.454 e. The number of carbonyl (C=O) groups is 1. The molecule has 0 amide bonds. The number of ether oxygens (including phenoxy) is 2. The van der Waals surface area contributed by atoms with E-state index < -0.39 is 42.7 Å². The van der Waals surface area contributed by atoms with Crippen molar-refractivity contribution in [2.45, 2.75) is 45.3 Å². The summed E-state index contributed by atoms with van der Waals surface area (Å²) in [7, 11) is 0. The molecule has 2 unspecified atom stereocenters. The Labute approximate surface area is 210 Å². The first kappa shape index (κ1) is 25.1. The van der Waals surface area contributed by atoms with Crippen molar-refractivity contribution in [3.63, 3.8) is 0 Å². The van der Waals surface area contributed by atoms with E-state index in [1.165, 1.54) is 6.33 Å². The Morgan fingerprint density at radius 2 is 2.06 bits per heavy atom. The minimum Gasteiger partial charge on any atom is -0.454 e. The molecule has 192 valence electrons. The Bertz CT molecular complexity index is 1330. The van der Waals surface area contributed by atoms with Gasteiger partial charge in [-0.15, -0.1) is 0 Å². The van der Waals surface area contributed by atoms with Crippen molar-refractivity contribution in [3.8, 4) is 11.4 Å². The van der Waals surface area contributed by atoms with Gasteiger partial charge in [0.25, 0.3) is 0 Å². The molecule has 2 aromatic heterocycles. The monoisotopic (exact) mass is 535 g/mol. The molecule has 0 bridgehead atoms. The van der Waals surface area contributed by atoms with E-state index >= 15 is 0 Å². The fraction of sp³-hybridized carbons (Fsp3) is 0.455. The lowest BCUT2D eigenvalue weighted by Gasteiger charge is -2.31. The molecule has 2 saturated heterocycles. The Hall–Kier alpha value is -2.54. The zero-order valence-electron chi connectivity index (χ0n) is 19.8. The molecule has 12 nitrogen and oxygen atoms in total. The third-order valence-electron chi connectivity index (χ3n) is 5.76. The lowest BCUT2D eigenvalue weighted by atomic mass is 9.98. The van der Waals surface area contributed by atoms with Crippen LogP contribution < -0.4 is 5.73 Å². The van der Waals surface area contributed by atoms with Gasteiger partial charge >= 0.3 is 12.8 Å². The lowest BCUT2D eigenvalue weighted by Crippen LogP contribution is -2.39. The SMILES string of the molecule is CC(C)(C)C(=O)OCS[P@@]1(=O)OCC2O[C@@H](n3c(-c4ccccc4)nc4c(N)ncnc43)[C@@H](O)C2O1. The molecule has 3 aromatic rings. The van der Waals surface area contributed by atoms with E-state index in [9.17, 15) is 14.5 Å². The molecule has 14 heteroatoms. The van der Waals surface area contributed by atoms with Crippen LogP contribution in [-0.4, -0.2) is 61.5 Å². The van der Waals surface area contributed by atoms with E-state index in [1.807, 2.05) is 30.3 Å². The van der Waals surface area contributed by atoms with Crippen molar-refractivity contribution < 1.29 is 33.0 Å². The van der Waals surface area contributed by atoms with E-state index in [-0.39, 0.29) is 18.4 Å². The number of carbonyl (C=O) groups excluding carboxylic acids is 1. The van der Waals surface area contributed by atoms with E-state index in [0.717, 1.165) is 16.9 Å². The standard InChI is InChI=1S/C22H26N5O7PS/c1-22(2,3)21(29)31-11-36-35(30)32-9-13-16(34-35)15(28)20(33-13)27-18(12-7-5-4-6-8-12)26-14-17(23)24-10-25-19(14)27/h4-8,10,13,15-16,20,28H,9,11H2,1-3H3,(H2,23,24,25)/t13?,15-,16?,20+,35-/m0/s1. The number of nitrogens with two attached hydrogens (primary N) is 1. The van der Waals surface area contributed by atoms with Gasteiger partial charge in [0.15, 0.2) is 23.2 Å². The number of anilines is 1. The van der Waals surface area contributed by atoms with Crippen molar-refractivity contribution in [1.29, 1.82) is 0 Å². The topological polar surface area (TPSA) is 161 Å². The van der Waals surface area contributed by atoms with Gasteiger partial charge in [-0.25, -0.2) is 19.5 Å². The van der Waals surface area contributed by atoms with Gasteiger partial charge in [0.05, 0.1) is 12.0 Å². The van der Waals surface area contributed by atoms with Crippen LogP contribution in [0, 0.1) is 5.41 Å². The number of fused-ring (bicyclic) bond motifs is 2. The normalized spacial score (nSPS) is 28.2. The fourth-order valence-electron chi connectivity index (χ4n) is 3.93. The number of aliphatic hydroxyl groups excluding tert-OH is 1. The molecule has 0 aliphatic carbocycles. The Balaban J connectivity index is 1.41. The third kappa shape index (κ3) is 4.62. The number of rotatable bonds is 5. The molecule has 3 N–H and O–H groups in total. The zero-order valence-corrected chi connectivity index (χ0v) is 21.5. The van der Waals surface area contributed by atoms with Crippen LogP contribution in [0.5, 0.6) is 0 Å². The molecule has 0 saturated carbocycles. The van der Waals surface area contributed by atoms with Gasteiger partial charge in [0.2, 0.25) is 0 Å². The van der Waals surface area contributed by atoms with Gasteiger partial charge in [-0.05, 0) is 20.8 Å². The fourth-order valence-corrected chi connectivity index (χ4v) is 6.73. The first-order valence-corrected chi connectivity index (χ1v) is 14.3. The van der Waals surface area contributed by atoms with Crippen LogP contribution in [0.1, 0.15) is 27.0 Å². The summed E-state index contributed by atoms with van der Waals surface area (Å²) in [5.41, 5.74) is 6.83. The minimum absolute atomic E-state index is 0.0832. The van der Waals surface area contributed by atoms with Gasteiger partial charge in [-0.1, -0.05) is 30.3 Å². The summed E-state index contributed by atoms with van der Waals surface area (Å²) in [6, 6.07) is 9.31. The molecular weight excluding hydrogens is 509 g/mol. The molecule has 2 aliphatic heterocycles. The molecule has 36 heavy (non-hydrogen) atoms. The lowest BCUT2D eigenvalue weighted by molar-refractivity contribution is -0.150. The predicted octanol–water partition coefficient (Wildman–Crippen LogP) is 3.14. The highest BCUT2D eigenvalue weighted by Gasteiger charge is 2.53. The second-order valence-electron chi connectivity index (χ2n) is 9.40. The number of hydrogen-bond acceptors (Lipinski definition) is 12. The number of aliphatic hydroxyl groups is 1. The molecule has 1 aromatic carbocycles. The van der Waals surface area contributed by atoms with E-state index in [1.54, 1.807) is 25.3 Å².